The van der Waals surface area contributed by atoms with E-state index in [-0.39, 0.29) is 17.0 Å². The molecule has 1 N–H and O–H groups in total. The molecule has 7 heteroatoms. The number of hydrogen-bond acceptors (Lipinski definition) is 6. The molecule has 7 nitrogen and oxygen atoms in total. The van der Waals surface area contributed by atoms with E-state index in [2.05, 4.69) is 5.32 Å². The van der Waals surface area contributed by atoms with E-state index in [0.29, 0.717) is 12.3 Å². The van der Waals surface area contributed by atoms with Crippen LogP contribution in [-0.4, -0.2) is 11.5 Å². The second-order valence-corrected chi connectivity index (χ2v) is 3.30. The topological polar surface area (TPSA) is 112 Å². The van der Waals surface area contributed by atoms with Gasteiger partial charge in [0.2, 0.25) is 0 Å². The van der Waals surface area contributed by atoms with E-state index in [0.717, 1.165) is 0 Å². The Morgan fingerprint density at radius 1 is 1.53 bits per heavy atom. The third-order valence-corrected chi connectivity index (χ3v) is 2.08. The standard InChI is InChI=1S/C12H10N4O3/c1-2-19-12-4-3-10(5-11(12)16(17)18)15-8-9(6-13)7-14/h3-5,8,15H,2H2,1H3. The SMILES string of the molecule is CCOc1ccc(NC=C(C#N)C#N)cc1[N+](=O)[O-]. The van der Waals surface area contributed by atoms with Crippen molar-refractivity contribution in [3.63, 3.8) is 0 Å². The molecule has 0 aliphatic rings. The molecule has 0 heterocycles. The Morgan fingerprint density at radius 3 is 2.74 bits per heavy atom. The van der Waals surface area contributed by atoms with Crippen LogP contribution in [0, 0.1) is 32.8 Å². The van der Waals surface area contributed by atoms with Gasteiger partial charge in [0.1, 0.15) is 17.7 Å². The lowest BCUT2D eigenvalue weighted by atomic mass is 10.2. The van der Waals surface area contributed by atoms with Gasteiger partial charge in [-0.25, -0.2) is 0 Å². The lowest BCUT2D eigenvalue weighted by Gasteiger charge is -2.06. The molecular weight excluding hydrogens is 248 g/mol. The minimum Gasteiger partial charge on any atom is -0.487 e. The number of ether oxygens (including phenoxy) is 1. The summed E-state index contributed by atoms with van der Waals surface area (Å²) in [5.74, 6) is 0.169. The van der Waals surface area contributed by atoms with Gasteiger partial charge in [0.15, 0.2) is 5.75 Å². The lowest BCUT2D eigenvalue weighted by Crippen LogP contribution is -1.99. The Morgan fingerprint density at radius 2 is 2.21 bits per heavy atom. The van der Waals surface area contributed by atoms with Gasteiger partial charge < -0.3 is 10.1 Å². The summed E-state index contributed by atoms with van der Waals surface area (Å²) < 4.78 is 5.13. The third-order valence-electron chi connectivity index (χ3n) is 2.08. The fraction of sp³-hybridized carbons (Fsp3) is 0.167. The maximum absolute atomic E-state index is 10.9. The van der Waals surface area contributed by atoms with Crippen molar-refractivity contribution in [3.8, 4) is 17.9 Å². The Balaban J connectivity index is 3.04. The fourth-order valence-electron chi connectivity index (χ4n) is 1.27. The molecule has 96 valence electrons. The van der Waals surface area contributed by atoms with Crippen LogP contribution in [0.1, 0.15) is 6.92 Å². The van der Waals surface area contributed by atoms with Crippen molar-refractivity contribution >= 4 is 11.4 Å². The van der Waals surface area contributed by atoms with E-state index in [1.54, 1.807) is 25.1 Å². The molecule has 0 fully saturated rings. The molecule has 0 amide bonds. The molecule has 0 radical (unpaired) electrons. The highest BCUT2D eigenvalue weighted by Gasteiger charge is 2.15. The highest BCUT2D eigenvalue weighted by atomic mass is 16.6. The van der Waals surface area contributed by atoms with Crippen LogP contribution in [0.5, 0.6) is 5.75 Å². The van der Waals surface area contributed by atoms with Gasteiger partial charge in [0.25, 0.3) is 0 Å². The van der Waals surface area contributed by atoms with E-state index in [1.165, 1.54) is 18.3 Å². The van der Waals surface area contributed by atoms with Gasteiger partial charge in [-0.1, -0.05) is 0 Å². The third kappa shape index (κ3) is 3.72. The smallest absolute Gasteiger partial charge is 0.312 e. The van der Waals surface area contributed by atoms with Gasteiger partial charge in [-0.2, -0.15) is 10.5 Å². The largest absolute Gasteiger partial charge is 0.487 e. The minimum absolute atomic E-state index is 0.128. The van der Waals surface area contributed by atoms with Crippen LogP contribution in [0.2, 0.25) is 0 Å². The molecule has 0 bridgehead atoms. The van der Waals surface area contributed by atoms with Gasteiger partial charge in [-0.15, -0.1) is 0 Å². The monoisotopic (exact) mass is 258 g/mol. The van der Waals surface area contributed by atoms with Gasteiger partial charge >= 0.3 is 5.69 Å². The molecule has 0 aliphatic carbocycles. The molecule has 0 saturated heterocycles. The quantitative estimate of drug-likeness (QED) is 0.492. The second-order valence-electron chi connectivity index (χ2n) is 3.30. The summed E-state index contributed by atoms with van der Waals surface area (Å²) in [5, 5.41) is 30.6. The van der Waals surface area contributed by atoms with Gasteiger partial charge in [0.05, 0.1) is 11.5 Å². The zero-order chi connectivity index (χ0) is 14.3. The minimum atomic E-state index is -0.560. The van der Waals surface area contributed by atoms with E-state index in [9.17, 15) is 10.1 Å². The number of nitrogens with zero attached hydrogens (tertiary/aromatic N) is 3. The number of hydrogen-bond donors (Lipinski definition) is 1. The van der Waals surface area contributed by atoms with Crippen molar-refractivity contribution in [1.82, 2.24) is 0 Å². The highest BCUT2D eigenvalue weighted by molar-refractivity contribution is 5.60. The predicted molar refractivity (Wildman–Crippen MR) is 67.2 cm³/mol. The zero-order valence-electron chi connectivity index (χ0n) is 10.1. The first-order valence-electron chi connectivity index (χ1n) is 5.30. The second kappa shape index (κ2) is 6.62. The van der Waals surface area contributed by atoms with E-state index in [1.807, 2.05) is 0 Å². The number of anilines is 1. The zero-order valence-corrected chi connectivity index (χ0v) is 10.1. The van der Waals surface area contributed by atoms with Gasteiger partial charge in [-0.05, 0) is 19.1 Å². The van der Waals surface area contributed by atoms with Crippen LogP contribution in [-0.2, 0) is 0 Å². The molecule has 0 unspecified atom stereocenters. The molecule has 0 saturated carbocycles. The van der Waals surface area contributed by atoms with Crippen LogP contribution < -0.4 is 10.1 Å². The van der Waals surface area contributed by atoms with Crippen LogP contribution in [0.3, 0.4) is 0 Å². The molecule has 0 atom stereocenters. The van der Waals surface area contributed by atoms with Crippen molar-refractivity contribution in [1.29, 1.82) is 10.5 Å². The number of nitriles is 2. The summed E-state index contributed by atoms with van der Waals surface area (Å²) in [6, 6.07) is 7.62. The Bertz CT molecular complexity index is 580. The van der Waals surface area contributed by atoms with Crippen LogP contribution >= 0.6 is 0 Å². The molecule has 19 heavy (non-hydrogen) atoms. The maximum Gasteiger partial charge on any atom is 0.312 e. The van der Waals surface area contributed by atoms with Crippen molar-refractivity contribution < 1.29 is 9.66 Å². The van der Waals surface area contributed by atoms with E-state index < -0.39 is 4.92 Å². The van der Waals surface area contributed by atoms with Crippen molar-refractivity contribution in [3.05, 3.63) is 40.1 Å². The number of nitro benzene ring substituents is 1. The van der Waals surface area contributed by atoms with Crippen molar-refractivity contribution in [2.45, 2.75) is 6.92 Å². The molecule has 0 spiro atoms. The summed E-state index contributed by atoms with van der Waals surface area (Å²) in [4.78, 5) is 10.3. The van der Waals surface area contributed by atoms with E-state index >= 15 is 0 Å². The predicted octanol–water partition coefficient (Wildman–Crippen LogP) is 2.34. The van der Waals surface area contributed by atoms with Crippen LogP contribution in [0.15, 0.2) is 30.0 Å². The first-order chi connectivity index (χ1) is 9.12. The number of benzene rings is 1. The molecule has 0 aliphatic heterocycles. The normalized spacial score (nSPS) is 8.79. The Labute approximate surface area is 109 Å². The molecule has 1 rings (SSSR count). The van der Waals surface area contributed by atoms with Crippen molar-refractivity contribution in [2.75, 3.05) is 11.9 Å². The Kier molecular flexibility index (Phi) is 4.88. The lowest BCUT2D eigenvalue weighted by molar-refractivity contribution is -0.385. The summed E-state index contributed by atoms with van der Waals surface area (Å²) in [6.07, 6.45) is 1.18. The van der Waals surface area contributed by atoms with E-state index in [4.69, 9.17) is 15.3 Å². The number of nitrogens with one attached hydrogen (secondary N) is 1. The molecule has 0 aromatic heterocycles. The summed E-state index contributed by atoms with van der Waals surface area (Å²) in [5.41, 5.74) is 0.0745. The number of nitro groups is 1. The fourth-order valence-corrected chi connectivity index (χ4v) is 1.27. The summed E-state index contributed by atoms with van der Waals surface area (Å²) in [6.45, 7) is 2.05. The number of rotatable bonds is 5. The first kappa shape index (κ1) is 14.0. The van der Waals surface area contributed by atoms with Crippen molar-refractivity contribution in [2.24, 2.45) is 0 Å². The highest BCUT2D eigenvalue weighted by Crippen LogP contribution is 2.30. The van der Waals surface area contributed by atoms with Gasteiger partial charge in [-0.3, -0.25) is 10.1 Å². The van der Waals surface area contributed by atoms with Gasteiger partial charge in [0, 0.05) is 18.0 Å². The van der Waals surface area contributed by atoms with Crippen LogP contribution in [0.25, 0.3) is 0 Å². The summed E-state index contributed by atoms with van der Waals surface area (Å²) in [7, 11) is 0. The maximum atomic E-state index is 10.9. The average Bonchev–Trinajstić information content (AvgIpc) is 2.41. The molecule has 1 aromatic rings. The molecule has 1 aromatic carbocycles. The number of allylic oxidation sites excluding steroid dienone is 1. The van der Waals surface area contributed by atoms with Crippen LogP contribution in [0.4, 0.5) is 11.4 Å². The first-order valence-corrected chi connectivity index (χ1v) is 5.30. The summed E-state index contributed by atoms with van der Waals surface area (Å²) >= 11 is 0. The Hall–Kier alpha value is -3.06. The average molecular weight is 258 g/mol. The molecular formula is C12H10N4O3.